The zero-order valence-electron chi connectivity index (χ0n) is 15.9. The van der Waals surface area contributed by atoms with E-state index in [1.807, 2.05) is 41.1 Å². The number of carbonyl (C=O) groups is 1. The highest BCUT2D eigenvalue weighted by Gasteiger charge is 2.22. The zero-order chi connectivity index (χ0) is 18.2. The first-order chi connectivity index (χ1) is 12.0. The Labute approximate surface area is 179 Å². The van der Waals surface area contributed by atoms with Crippen LogP contribution in [-0.2, 0) is 11.3 Å². The van der Waals surface area contributed by atoms with Crippen molar-refractivity contribution in [1.82, 2.24) is 15.1 Å². The number of hydrogen-bond acceptors (Lipinski definition) is 2. The molecule has 1 N–H and O–H groups in total. The molecule has 1 fully saturated rings. The molecule has 1 aromatic carbocycles. The Morgan fingerprint density at radius 2 is 2.12 bits per heavy atom. The van der Waals surface area contributed by atoms with E-state index in [0.29, 0.717) is 25.6 Å². The summed E-state index contributed by atoms with van der Waals surface area (Å²) in [4.78, 5) is 20.7. The number of piperidine rings is 1. The van der Waals surface area contributed by atoms with Gasteiger partial charge < -0.3 is 15.1 Å². The first-order valence-electron chi connectivity index (χ1n) is 8.97. The predicted molar refractivity (Wildman–Crippen MR) is 119 cm³/mol. The van der Waals surface area contributed by atoms with Crippen LogP contribution in [0.2, 0.25) is 5.02 Å². The van der Waals surface area contributed by atoms with Crippen LogP contribution in [0.15, 0.2) is 29.3 Å². The van der Waals surface area contributed by atoms with Crippen LogP contribution in [-0.4, -0.2) is 54.9 Å². The van der Waals surface area contributed by atoms with Crippen LogP contribution >= 0.6 is 35.6 Å². The van der Waals surface area contributed by atoms with E-state index in [4.69, 9.17) is 11.6 Å². The maximum atomic E-state index is 12.4. The summed E-state index contributed by atoms with van der Waals surface area (Å²) >= 11 is 6.22. The van der Waals surface area contributed by atoms with Gasteiger partial charge in [0.15, 0.2) is 5.96 Å². The monoisotopic (exact) mass is 492 g/mol. The highest BCUT2D eigenvalue weighted by atomic mass is 127. The largest absolute Gasteiger partial charge is 0.356 e. The van der Waals surface area contributed by atoms with Gasteiger partial charge in [0.1, 0.15) is 0 Å². The first kappa shape index (κ1) is 23.0. The number of amides is 1. The number of rotatable bonds is 5. The lowest BCUT2D eigenvalue weighted by molar-refractivity contribution is -0.134. The van der Waals surface area contributed by atoms with Crippen LogP contribution < -0.4 is 5.32 Å². The highest BCUT2D eigenvalue weighted by molar-refractivity contribution is 14.0. The molecular weight excluding hydrogens is 463 g/mol. The zero-order valence-corrected chi connectivity index (χ0v) is 19.0. The SMILES string of the molecule is CN=C(NCCC(=O)N1CCCCC1C)N(C)Cc1ccccc1Cl.I. The van der Waals surface area contributed by atoms with Gasteiger partial charge >= 0.3 is 0 Å². The summed E-state index contributed by atoms with van der Waals surface area (Å²) in [6, 6.07) is 8.16. The van der Waals surface area contributed by atoms with Crippen molar-refractivity contribution in [2.75, 3.05) is 27.2 Å². The Morgan fingerprint density at radius 3 is 2.77 bits per heavy atom. The van der Waals surface area contributed by atoms with Crippen molar-refractivity contribution in [1.29, 1.82) is 0 Å². The minimum atomic E-state index is 0. The van der Waals surface area contributed by atoms with E-state index in [-0.39, 0.29) is 29.9 Å². The number of nitrogens with one attached hydrogen (secondary N) is 1. The standard InChI is InChI=1S/C19H29ClN4O.HI/c1-15-8-6-7-13-24(15)18(25)11-12-22-19(21-2)23(3)14-16-9-4-5-10-17(16)20;/h4-5,9-10,15H,6-8,11-14H2,1-3H3,(H,21,22);1H. The smallest absolute Gasteiger partial charge is 0.224 e. The number of benzene rings is 1. The fourth-order valence-corrected chi connectivity index (χ4v) is 3.43. The number of nitrogens with zero attached hydrogens (tertiary/aromatic N) is 3. The lowest BCUT2D eigenvalue weighted by Gasteiger charge is -2.33. The van der Waals surface area contributed by atoms with Crippen LogP contribution in [0, 0.1) is 0 Å². The Bertz CT molecular complexity index is 611. The van der Waals surface area contributed by atoms with Gasteiger partial charge in [-0.05, 0) is 37.8 Å². The van der Waals surface area contributed by atoms with Gasteiger partial charge in [-0.1, -0.05) is 29.8 Å². The van der Waals surface area contributed by atoms with Crippen LogP contribution in [0.5, 0.6) is 0 Å². The molecule has 0 spiro atoms. The molecule has 146 valence electrons. The summed E-state index contributed by atoms with van der Waals surface area (Å²) in [6.45, 7) is 4.28. The van der Waals surface area contributed by atoms with Gasteiger partial charge in [-0.2, -0.15) is 0 Å². The Kier molecular flexibility index (Phi) is 10.3. The average molecular weight is 493 g/mol. The van der Waals surface area contributed by atoms with Gasteiger partial charge in [-0.3, -0.25) is 9.79 Å². The normalized spacial score (nSPS) is 17.5. The predicted octanol–water partition coefficient (Wildman–Crippen LogP) is 3.76. The number of likely N-dealkylation sites (tertiary alicyclic amines) is 1. The number of aliphatic imine (C=N–C) groups is 1. The van der Waals surface area contributed by atoms with E-state index in [0.717, 1.165) is 35.9 Å². The Hall–Kier alpha value is -1.02. The average Bonchev–Trinajstić information content (AvgIpc) is 2.60. The van der Waals surface area contributed by atoms with E-state index >= 15 is 0 Å². The van der Waals surface area contributed by atoms with E-state index in [2.05, 4.69) is 17.2 Å². The number of guanidine groups is 1. The van der Waals surface area contributed by atoms with Gasteiger partial charge in [0.05, 0.1) is 0 Å². The highest BCUT2D eigenvalue weighted by Crippen LogP contribution is 2.17. The van der Waals surface area contributed by atoms with E-state index < -0.39 is 0 Å². The fourth-order valence-electron chi connectivity index (χ4n) is 3.24. The van der Waals surface area contributed by atoms with Crippen molar-refractivity contribution in [2.24, 2.45) is 4.99 Å². The van der Waals surface area contributed by atoms with Crippen LogP contribution in [0.4, 0.5) is 0 Å². The van der Waals surface area contributed by atoms with Gasteiger partial charge in [0.25, 0.3) is 0 Å². The Morgan fingerprint density at radius 1 is 1.38 bits per heavy atom. The minimum absolute atomic E-state index is 0. The van der Waals surface area contributed by atoms with Crippen molar-refractivity contribution < 1.29 is 4.79 Å². The number of carbonyl (C=O) groups excluding carboxylic acids is 1. The topological polar surface area (TPSA) is 47.9 Å². The number of halogens is 2. The molecule has 1 aliphatic rings. The van der Waals surface area contributed by atoms with E-state index in [1.165, 1.54) is 6.42 Å². The summed E-state index contributed by atoms with van der Waals surface area (Å²) in [7, 11) is 3.72. The summed E-state index contributed by atoms with van der Waals surface area (Å²) in [5, 5.41) is 4.03. The molecule has 0 aliphatic carbocycles. The van der Waals surface area contributed by atoms with E-state index in [9.17, 15) is 4.79 Å². The molecule has 5 nitrogen and oxygen atoms in total. The summed E-state index contributed by atoms with van der Waals surface area (Å²) in [5.74, 6) is 0.989. The van der Waals surface area contributed by atoms with Crippen molar-refractivity contribution in [3.63, 3.8) is 0 Å². The molecule has 26 heavy (non-hydrogen) atoms. The van der Waals surface area contributed by atoms with Gasteiger partial charge in [0, 0.05) is 51.2 Å². The molecule has 0 aromatic heterocycles. The summed E-state index contributed by atoms with van der Waals surface area (Å²) < 4.78 is 0. The third-order valence-electron chi connectivity index (χ3n) is 4.68. The lowest BCUT2D eigenvalue weighted by Crippen LogP contribution is -2.44. The molecule has 1 amide bonds. The van der Waals surface area contributed by atoms with Crippen molar-refractivity contribution in [3.8, 4) is 0 Å². The third kappa shape index (κ3) is 6.61. The molecule has 7 heteroatoms. The van der Waals surface area contributed by atoms with Crippen LogP contribution in [0.3, 0.4) is 0 Å². The lowest BCUT2D eigenvalue weighted by atomic mass is 10.0. The molecule has 1 heterocycles. The van der Waals surface area contributed by atoms with Gasteiger partial charge in [-0.25, -0.2) is 0 Å². The van der Waals surface area contributed by atoms with Crippen LogP contribution in [0.25, 0.3) is 0 Å². The molecule has 0 radical (unpaired) electrons. The summed E-state index contributed by atoms with van der Waals surface area (Å²) in [5.41, 5.74) is 1.05. The van der Waals surface area contributed by atoms with Crippen molar-refractivity contribution in [2.45, 2.75) is 45.2 Å². The second kappa shape index (κ2) is 11.6. The molecule has 1 aromatic rings. The molecule has 1 aliphatic heterocycles. The molecular formula is C19H30ClIN4O. The molecule has 1 atom stereocenters. The molecule has 1 saturated heterocycles. The second-order valence-electron chi connectivity index (χ2n) is 6.60. The van der Waals surface area contributed by atoms with Crippen molar-refractivity contribution in [3.05, 3.63) is 34.9 Å². The van der Waals surface area contributed by atoms with E-state index in [1.54, 1.807) is 7.05 Å². The van der Waals surface area contributed by atoms with Gasteiger partial charge in [0.2, 0.25) is 5.91 Å². The summed E-state index contributed by atoms with van der Waals surface area (Å²) in [6.07, 6.45) is 3.94. The number of hydrogen-bond donors (Lipinski definition) is 1. The third-order valence-corrected chi connectivity index (χ3v) is 5.05. The molecule has 2 rings (SSSR count). The quantitative estimate of drug-likeness (QED) is 0.387. The molecule has 1 unspecified atom stereocenters. The van der Waals surface area contributed by atoms with Crippen LogP contribution in [0.1, 0.15) is 38.2 Å². The minimum Gasteiger partial charge on any atom is -0.356 e. The second-order valence-corrected chi connectivity index (χ2v) is 7.01. The maximum Gasteiger partial charge on any atom is 0.224 e. The first-order valence-corrected chi connectivity index (χ1v) is 9.35. The van der Waals surface area contributed by atoms with Crippen molar-refractivity contribution >= 4 is 47.4 Å². The Balaban J connectivity index is 0.00000338. The molecule has 0 bridgehead atoms. The molecule has 0 saturated carbocycles. The maximum absolute atomic E-state index is 12.4. The van der Waals surface area contributed by atoms with Gasteiger partial charge in [-0.15, -0.1) is 24.0 Å². The fraction of sp³-hybridized carbons (Fsp3) is 0.579.